The van der Waals surface area contributed by atoms with Gasteiger partial charge in [-0.3, -0.25) is 4.79 Å². The van der Waals surface area contributed by atoms with Gasteiger partial charge >= 0.3 is 0 Å². The average molecular weight is 232 g/mol. The number of hydrogen-bond donors (Lipinski definition) is 2. The topological polar surface area (TPSA) is 41.1 Å². The molecule has 0 radical (unpaired) electrons. The van der Waals surface area contributed by atoms with Crippen LogP contribution in [0.3, 0.4) is 0 Å². The normalized spacial score (nSPS) is 17.3. The van der Waals surface area contributed by atoms with Crippen molar-refractivity contribution in [2.45, 2.75) is 26.3 Å². The van der Waals surface area contributed by atoms with Gasteiger partial charge in [0.15, 0.2) is 0 Å². The molecular formula is C14H20N2O. The quantitative estimate of drug-likeness (QED) is 0.831. The van der Waals surface area contributed by atoms with Crippen LogP contribution in [0.25, 0.3) is 0 Å². The van der Waals surface area contributed by atoms with Crippen LogP contribution in [0.4, 0.5) is 0 Å². The fourth-order valence-electron chi connectivity index (χ4n) is 1.99. The summed E-state index contributed by atoms with van der Waals surface area (Å²) in [5.41, 5.74) is 2.41. The number of benzene rings is 1. The lowest BCUT2D eigenvalue weighted by molar-refractivity contribution is -0.123. The van der Waals surface area contributed by atoms with Crippen LogP contribution >= 0.6 is 0 Å². The lowest BCUT2D eigenvalue weighted by atomic mass is 9.98. The van der Waals surface area contributed by atoms with Gasteiger partial charge in [0.2, 0.25) is 5.91 Å². The molecule has 0 spiro atoms. The summed E-state index contributed by atoms with van der Waals surface area (Å²) < 4.78 is 0. The van der Waals surface area contributed by atoms with E-state index < -0.39 is 0 Å². The third kappa shape index (κ3) is 3.30. The maximum Gasteiger partial charge on any atom is 0.220 e. The number of hydrogen-bond acceptors (Lipinski definition) is 2. The predicted octanol–water partition coefficient (Wildman–Crippen LogP) is 1.78. The summed E-state index contributed by atoms with van der Waals surface area (Å²) >= 11 is 0. The Kier molecular flexibility index (Phi) is 3.79. The fraction of sp³-hybridized carbons (Fsp3) is 0.500. The van der Waals surface area contributed by atoms with E-state index in [1.807, 2.05) is 6.92 Å². The number of amides is 1. The molecule has 2 rings (SSSR count). The van der Waals surface area contributed by atoms with E-state index in [0.29, 0.717) is 12.3 Å². The van der Waals surface area contributed by atoms with Crippen molar-refractivity contribution in [1.29, 1.82) is 0 Å². The van der Waals surface area contributed by atoms with E-state index in [4.69, 9.17) is 0 Å². The Balaban J connectivity index is 1.84. The van der Waals surface area contributed by atoms with Crippen LogP contribution in [0.5, 0.6) is 0 Å². The van der Waals surface area contributed by atoms with Crippen LogP contribution < -0.4 is 10.6 Å². The number of carbonyl (C=O) groups excluding carboxylic acids is 1. The highest BCUT2D eigenvalue weighted by molar-refractivity contribution is 5.76. The third-order valence-corrected chi connectivity index (χ3v) is 3.29. The van der Waals surface area contributed by atoms with Crippen LogP contribution in [-0.4, -0.2) is 19.0 Å². The molecule has 0 aliphatic carbocycles. The van der Waals surface area contributed by atoms with Gasteiger partial charge in [0, 0.05) is 6.42 Å². The van der Waals surface area contributed by atoms with Crippen molar-refractivity contribution >= 4 is 5.91 Å². The molecule has 1 aromatic carbocycles. The van der Waals surface area contributed by atoms with Crippen molar-refractivity contribution in [3.05, 3.63) is 35.4 Å². The first-order chi connectivity index (χ1) is 8.15. The summed E-state index contributed by atoms with van der Waals surface area (Å²) in [5.74, 6) is 0.685. The first-order valence-corrected chi connectivity index (χ1v) is 6.22. The van der Waals surface area contributed by atoms with Gasteiger partial charge in [0.1, 0.15) is 0 Å². The Bertz CT molecular complexity index is 382. The van der Waals surface area contributed by atoms with Gasteiger partial charge in [0.25, 0.3) is 0 Å². The average Bonchev–Trinajstić information content (AvgIpc) is 2.24. The van der Waals surface area contributed by atoms with E-state index in [0.717, 1.165) is 18.7 Å². The van der Waals surface area contributed by atoms with Crippen molar-refractivity contribution in [2.75, 3.05) is 13.1 Å². The van der Waals surface area contributed by atoms with Gasteiger partial charge in [-0.05, 0) is 38.4 Å². The highest BCUT2D eigenvalue weighted by Crippen LogP contribution is 2.14. The molecule has 3 nitrogen and oxygen atoms in total. The maximum atomic E-state index is 11.8. The second kappa shape index (κ2) is 5.32. The minimum atomic E-state index is 0.0936. The summed E-state index contributed by atoms with van der Waals surface area (Å²) in [6.45, 7) is 6.05. The van der Waals surface area contributed by atoms with Crippen LogP contribution in [0, 0.1) is 12.8 Å². The minimum absolute atomic E-state index is 0.0936. The second-order valence-electron chi connectivity index (χ2n) is 4.93. The van der Waals surface area contributed by atoms with Gasteiger partial charge < -0.3 is 10.6 Å². The highest BCUT2D eigenvalue weighted by Gasteiger charge is 2.20. The molecule has 1 amide bonds. The molecule has 17 heavy (non-hydrogen) atoms. The molecule has 1 aliphatic rings. The number of aryl methyl sites for hydroxylation is 1. The van der Waals surface area contributed by atoms with Crippen molar-refractivity contribution in [2.24, 2.45) is 5.92 Å². The zero-order chi connectivity index (χ0) is 12.3. The zero-order valence-electron chi connectivity index (χ0n) is 10.5. The Hall–Kier alpha value is -1.35. The number of carbonyl (C=O) groups is 1. The Morgan fingerprint density at radius 1 is 1.41 bits per heavy atom. The molecule has 1 heterocycles. The molecule has 1 saturated heterocycles. The molecule has 1 atom stereocenters. The molecule has 92 valence electrons. The molecule has 3 heteroatoms. The van der Waals surface area contributed by atoms with Gasteiger partial charge in [-0.1, -0.05) is 29.8 Å². The lowest BCUT2D eigenvalue weighted by Gasteiger charge is -2.27. The van der Waals surface area contributed by atoms with E-state index in [1.54, 1.807) is 0 Å². The molecule has 0 bridgehead atoms. The van der Waals surface area contributed by atoms with E-state index in [-0.39, 0.29) is 11.9 Å². The summed E-state index contributed by atoms with van der Waals surface area (Å²) in [5, 5.41) is 6.23. The minimum Gasteiger partial charge on any atom is -0.350 e. The predicted molar refractivity (Wildman–Crippen MR) is 68.7 cm³/mol. The van der Waals surface area contributed by atoms with Crippen LogP contribution in [0.2, 0.25) is 0 Å². The Morgan fingerprint density at radius 2 is 2.06 bits per heavy atom. The maximum absolute atomic E-state index is 11.8. The number of nitrogens with one attached hydrogen (secondary N) is 2. The van der Waals surface area contributed by atoms with Crippen LogP contribution in [0.1, 0.15) is 30.5 Å². The molecule has 1 unspecified atom stereocenters. The number of rotatable bonds is 4. The Morgan fingerprint density at radius 3 is 2.59 bits per heavy atom. The molecular weight excluding hydrogens is 212 g/mol. The van der Waals surface area contributed by atoms with E-state index in [2.05, 4.69) is 41.8 Å². The first kappa shape index (κ1) is 12.1. The Labute approximate surface area is 103 Å². The largest absolute Gasteiger partial charge is 0.350 e. The van der Waals surface area contributed by atoms with Gasteiger partial charge in [-0.25, -0.2) is 0 Å². The summed E-state index contributed by atoms with van der Waals surface area (Å²) in [7, 11) is 0. The van der Waals surface area contributed by atoms with Gasteiger partial charge in [-0.15, -0.1) is 0 Å². The first-order valence-electron chi connectivity index (χ1n) is 6.22. The second-order valence-corrected chi connectivity index (χ2v) is 4.93. The molecule has 0 saturated carbocycles. The fourth-order valence-corrected chi connectivity index (χ4v) is 1.99. The van der Waals surface area contributed by atoms with Gasteiger partial charge in [0.05, 0.1) is 6.04 Å². The summed E-state index contributed by atoms with van der Waals surface area (Å²) in [6, 6.07) is 8.40. The molecule has 2 N–H and O–H groups in total. The van der Waals surface area contributed by atoms with E-state index in [9.17, 15) is 4.79 Å². The van der Waals surface area contributed by atoms with Crippen molar-refractivity contribution in [3.8, 4) is 0 Å². The SMILES string of the molecule is Cc1ccc(C(C)NC(=O)CC2CNC2)cc1. The lowest BCUT2D eigenvalue weighted by Crippen LogP contribution is -2.44. The third-order valence-electron chi connectivity index (χ3n) is 3.29. The summed E-state index contributed by atoms with van der Waals surface area (Å²) in [4.78, 5) is 11.8. The molecule has 1 aliphatic heterocycles. The zero-order valence-corrected chi connectivity index (χ0v) is 10.5. The van der Waals surface area contributed by atoms with E-state index >= 15 is 0 Å². The highest BCUT2D eigenvalue weighted by atomic mass is 16.1. The van der Waals surface area contributed by atoms with Gasteiger partial charge in [-0.2, -0.15) is 0 Å². The van der Waals surface area contributed by atoms with E-state index in [1.165, 1.54) is 5.56 Å². The monoisotopic (exact) mass is 232 g/mol. The van der Waals surface area contributed by atoms with Crippen molar-refractivity contribution in [1.82, 2.24) is 10.6 Å². The van der Waals surface area contributed by atoms with Crippen LogP contribution in [0.15, 0.2) is 24.3 Å². The van der Waals surface area contributed by atoms with Crippen molar-refractivity contribution in [3.63, 3.8) is 0 Å². The van der Waals surface area contributed by atoms with Crippen LogP contribution in [-0.2, 0) is 4.79 Å². The standard InChI is InChI=1S/C14H20N2O/c1-10-3-5-13(6-4-10)11(2)16-14(17)7-12-8-15-9-12/h3-6,11-12,15H,7-9H2,1-2H3,(H,16,17). The molecule has 0 aromatic heterocycles. The molecule has 1 fully saturated rings. The van der Waals surface area contributed by atoms with Crippen molar-refractivity contribution < 1.29 is 4.79 Å². The summed E-state index contributed by atoms with van der Waals surface area (Å²) in [6.07, 6.45) is 0.642. The molecule has 1 aromatic rings. The smallest absolute Gasteiger partial charge is 0.220 e.